The second-order valence-electron chi connectivity index (χ2n) is 5.82. The lowest BCUT2D eigenvalue weighted by molar-refractivity contribution is -0.377. The van der Waals surface area contributed by atoms with Crippen molar-refractivity contribution in [2.75, 3.05) is 37.6 Å². The second-order valence-corrected chi connectivity index (χ2v) is 6.26. The zero-order valence-electron chi connectivity index (χ0n) is 13.7. The Morgan fingerprint density at radius 3 is 2.48 bits per heavy atom. The molecule has 3 rings (SSSR count). The first-order valence-corrected chi connectivity index (χ1v) is 8.54. The average Bonchev–Trinajstić information content (AvgIpc) is 2.66. The van der Waals surface area contributed by atoms with Gasteiger partial charge < -0.3 is 15.1 Å². The summed E-state index contributed by atoms with van der Waals surface area (Å²) in [4.78, 5) is 31.4. The van der Waals surface area contributed by atoms with Crippen LogP contribution in [0.4, 0.5) is 5.69 Å². The van der Waals surface area contributed by atoms with Crippen molar-refractivity contribution in [2.24, 2.45) is 0 Å². The molecule has 0 aliphatic carbocycles. The molecule has 1 aromatic carbocycles. The molecule has 1 saturated heterocycles. The Hall–Kier alpha value is -2.60. The predicted octanol–water partition coefficient (Wildman–Crippen LogP) is 1.23. The number of nitrogens with zero attached hydrogens (tertiary/aromatic N) is 2. The first-order chi connectivity index (χ1) is 12.1. The van der Waals surface area contributed by atoms with Crippen LogP contribution in [0.5, 0.6) is 0 Å². The number of amides is 2. The van der Waals surface area contributed by atoms with Crippen molar-refractivity contribution in [2.45, 2.75) is 0 Å². The molecule has 1 fully saturated rings. The molecule has 0 unspecified atom stereocenters. The van der Waals surface area contributed by atoms with E-state index in [0.717, 1.165) is 18.8 Å². The summed E-state index contributed by atoms with van der Waals surface area (Å²) >= 11 is 5.88. The predicted molar refractivity (Wildman–Crippen MR) is 95.6 cm³/mol. The highest BCUT2D eigenvalue weighted by Crippen LogP contribution is 2.14. The zero-order chi connectivity index (χ0) is 17.6. The quantitative estimate of drug-likeness (QED) is 0.893. The number of benzene rings is 1. The minimum atomic E-state index is -0.296. The van der Waals surface area contributed by atoms with Crippen LogP contribution in [0.2, 0.25) is 5.02 Å². The maximum Gasteiger partial charge on any atom is 0.251 e. The van der Waals surface area contributed by atoms with Gasteiger partial charge >= 0.3 is 0 Å². The van der Waals surface area contributed by atoms with Crippen LogP contribution in [-0.2, 0) is 4.79 Å². The number of aromatic amines is 1. The molecule has 2 N–H and O–H groups in total. The Bertz CT molecular complexity index is 746. The van der Waals surface area contributed by atoms with Gasteiger partial charge in [0.1, 0.15) is 0 Å². The summed E-state index contributed by atoms with van der Waals surface area (Å²) in [5, 5.41) is 3.15. The van der Waals surface area contributed by atoms with Crippen LogP contribution in [0.3, 0.4) is 0 Å². The van der Waals surface area contributed by atoms with Crippen LogP contribution in [0.15, 0.2) is 48.8 Å². The average molecular weight is 360 g/mol. The normalized spacial score (nSPS) is 14.3. The summed E-state index contributed by atoms with van der Waals surface area (Å²) in [5.41, 5.74) is 1.59. The van der Waals surface area contributed by atoms with E-state index in [9.17, 15) is 9.59 Å². The standard InChI is InChI=1S/C18H19ClN4O2/c19-15-3-1-2-14(12-15)18(25)21-13-17(24)23-10-8-22(9-11-23)16-4-6-20-7-5-16/h1-7,12H,8-11,13H2,(H,21,25)/p+1. The molecule has 0 bridgehead atoms. The lowest BCUT2D eigenvalue weighted by Gasteiger charge is -2.35. The van der Waals surface area contributed by atoms with Crippen molar-refractivity contribution >= 4 is 29.1 Å². The van der Waals surface area contributed by atoms with Gasteiger partial charge in [-0.1, -0.05) is 17.7 Å². The summed E-state index contributed by atoms with van der Waals surface area (Å²) < 4.78 is 0. The fourth-order valence-electron chi connectivity index (χ4n) is 2.80. The lowest BCUT2D eigenvalue weighted by Crippen LogP contribution is -2.51. The molecule has 6 nitrogen and oxygen atoms in total. The Morgan fingerprint density at radius 1 is 1.08 bits per heavy atom. The van der Waals surface area contributed by atoms with E-state index >= 15 is 0 Å². The van der Waals surface area contributed by atoms with E-state index in [1.165, 1.54) is 0 Å². The molecule has 7 heteroatoms. The number of hydrogen-bond acceptors (Lipinski definition) is 3. The molecule has 0 atom stereocenters. The van der Waals surface area contributed by atoms with E-state index in [1.54, 1.807) is 29.2 Å². The second kappa shape index (κ2) is 7.98. The SMILES string of the molecule is O=C(NCC(=O)N1CCN(c2cc[nH+]cc2)CC1)c1cccc(Cl)c1. The summed E-state index contributed by atoms with van der Waals surface area (Å²) in [6.07, 6.45) is 3.77. The number of anilines is 1. The Kier molecular flexibility index (Phi) is 5.50. The number of carbonyl (C=O) groups excluding carboxylic acids is 2. The highest BCUT2D eigenvalue weighted by Gasteiger charge is 2.21. The van der Waals surface area contributed by atoms with E-state index < -0.39 is 0 Å². The number of hydrogen-bond donors (Lipinski definition) is 1. The van der Waals surface area contributed by atoms with Crippen molar-refractivity contribution in [3.63, 3.8) is 0 Å². The minimum absolute atomic E-state index is 0.00829. The fraction of sp³-hybridized carbons (Fsp3) is 0.278. The lowest BCUT2D eigenvalue weighted by atomic mass is 10.2. The highest BCUT2D eigenvalue weighted by atomic mass is 35.5. The Labute approximate surface area is 151 Å². The van der Waals surface area contributed by atoms with Crippen LogP contribution in [0.25, 0.3) is 0 Å². The Morgan fingerprint density at radius 2 is 1.80 bits per heavy atom. The molecule has 130 valence electrons. The molecule has 2 amide bonds. The molecule has 0 saturated carbocycles. The van der Waals surface area contributed by atoms with Gasteiger partial charge in [0, 0.05) is 54.6 Å². The number of nitrogens with one attached hydrogen (secondary N) is 2. The van der Waals surface area contributed by atoms with Crippen molar-refractivity contribution < 1.29 is 14.6 Å². The van der Waals surface area contributed by atoms with Crippen LogP contribution < -0.4 is 15.2 Å². The summed E-state index contributed by atoms with van der Waals surface area (Å²) in [5.74, 6) is -0.369. The molecule has 0 spiro atoms. The topological polar surface area (TPSA) is 66.8 Å². The van der Waals surface area contributed by atoms with E-state index in [0.29, 0.717) is 23.7 Å². The smallest absolute Gasteiger partial charge is 0.251 e. The van der Waals surface area contributed by atoms with Gasteiger partial charge in [-0.15, -0.1) is 0 Å². The van der Waals surface area contributed by atoms with Gasteiger partial charge in [-0.2, -0.15) is 0 Å². The van der Waals surface area contributed by atoms with Crippen LogP contribution >= 0.6 is 11.6 Å². The van der Waals surface area contributed by atoms with Gasteiger partial charge in [0.15, 0.2) is 12.4 Å². The van der Waals surface area contributed by atoms with Gasteiger partial charge in [-0.3, -0.25) is 9.59 Å². The first-order valence-electron chi connectivity index (χ1n) is 8.16. The molecule has 2 heterocycles. The Balaban J connectivity index is 1.47. The number of carbonyl (C=O) groups is 2. The maximum absolute atomic E-state index is 12.3. The fourth-order valence-corrected chi connectivity index (χ4v) is 2.99. The van der Waals surface area contributed by atoms with Crippen molar-refractivity contribution in [3.05, 3.63) is 59.4 Å². The number of pyridine rings is 1. The third-order valence-electron chi connectivity index (χ3n) is 4.19. The highest BCUT2D eigenvalue weighted by molar-refractivity contribution is 6.30. The third-order valence-corrected chi connectivity index (χ3v) is 4.42. The van der Waals surface area contributed by atoms with Crippen molar-refractivity contribution in [1.82, 2.24) is 10.2 Å². The van der Waals surface area contributed by atoms with Crippen LogP contribution in [-0.4, -0.2) is 49.4 Å². The summed E-state index contributed by atoms with van der Waals surface area (Å²) in [6, 6.07) is 10.7. The number of halogens is 1. The summed E-state index contributed by atoms with van der Waals surface area (Å²) in [7, 11) is 0. The first kappa shape index (κ1) is 17.2. The van der Waals surface area contributed by atoms with E-state index in [-0.39, 0.29) is 18.4 Å². The van der Waals surface area contributed by atoms with Gasteiger partial charge in [0.25, 0.3) is 5.91 Å². The monoisotopic (exact) mass is 359 g/mol. The van der Waals surface area contributed by atoms with Gasteiger partial charge in [0.05, 0.1) is 6.54 Å². The molecule has 1 aliphatic heterocycles. The van der Waals surface area contributed by atoms with Crippen molar-refractivity contribution in [1.29, 1.82) is 0 Å². The zero-order valence-corrected chi connectivity index (χ0v) is 14.5. The molecule has 1 aromatic heterocycles. The largest absolute Gasteiger partial charge is 0.368 e. The van der Waals surface area contributed by atoms with Crippen molar-refractivity contribution in [3.8, 4) is 0 Å². The molecule has 25 heavy (non-hydrogen) atoms. The van der Waals surface area contributed by atoms with Crippen LogP contribution in [0, 0.1) is 0 Å². The van der Waals surface area contributed by atoms with E-state index in [2.05, 4.69) is 15.2 Å². The molecule has 2 aromatic rings. The molecular formula is C18H20ClN4O2+. The van der Waals surface area contributed by atoms with Gasteiger partial charge in [-0.25, -0.2) is 4.98 Å². The minimum Gasteiger partial charge on any atom is -0.368 e. The maximum atomic E-state index is 12.3. The van der Waals surface area contributed by atoms with Gasteiger partial charge in [-0.05, 0) is 18.2 Å². The third kappa shape index (κ3) is 4.48. The number of piperazine rings is 1. The molecule has 0 radical (unpaired) electrons. The van der Waals surface area contributed by atoms with E-state index in [4.69, 9.17) is 11.6 Å². The molecule has 1 aliphatic rings. The van der Waals surface area contributed by atoms with E-state index in [1.807, 2.05) is 24.5 Å². The summed E-state index contributed by atoms with van der Waals surface area (Å²) in [6.45, 7) is 2.83. The number of rotatable bonds is 4. The number of H-pyrrole nitrogens is 1. The molecular weight excluding hydrogens is 340 g/mol. The number of aromatic nitrogens is 1. The van der Waals surface area contributed by atoms with Gasteiger partial charge in [0.2, 0.25) is 5.91 Å². The van der Waals surface area contributed by atoms with Crippen LogP contribution in [0.1, 0.15) is 10.4 Å².